The number of nitrogens with zero attached hydrogens (tertiary/aromatic N) is 1. The highest BCUT2D eigenvalue weighted by Gasteiger charge is 2.15. The molecule has 4 heteroatoms. The van der Waals surface area contributed by atoms with Gasteiger partial charge in [-0.05, 0) is 0 Å². The quantitative estimate of drug-likeness (QED) is 0.447. The summed E-state index contributed by atoms with van der Waals surface area (Å²) < 4.78 is 5.13. The lowest BCUT2D eigenvalue weighted by Gasteiger charge is -2.29. The van der Waals surface area contributed by atoms with Crippen LogP contribution in [0.3, 0.4) is 0 Å². The van der Waals surface area contributed by atoms with Crippen LogP contribution in [0.4, 0.5) is 0 Å². The molecule has 0 bridgehead atoms. The number of ether oxygens (including phenoxy) is 1. The van der Waals surface area contributed by atoms with Gasteiger partial charge in [-0.15, -0.1) is 0 Å². The van der Waals surface area contributed by atoms with Crippen LogP contribution in [0.1, 0.15) is 0 Å². The van der Waals surface area contributed by atoms with E-state index in [0.29, 0.717) is 13.2 Å². The molecule has 1 fully saturated rings. The van der Waals surface area contributed by atoms with Crippen LogP contribution in [0.2, 0.25) is 0 Å². The molecule has 0 aromatic carbocycles. The Balaban J connectivity index is 2.23. The van der Waals surface area contributed by atoms with Gasteiger partial charge in [-0.3, -0.25) is 0 Å². The molecule has 1 saturated heterocycles. The number of hydrogen-bond donors (Lipinski definition) is 1. The number of aliphatic hydroxyl groups is 1. The van der Waals surface area contributed by atoms with Crippen molar-refractivity contribution in [1.82, 2.24) is 4.81 Å². The molecule has 1 aliphatic rings. The first kappa shape index (κ1) is 7.06. The second-order valence-corrected chi connectivity index (χ2v) is 2.17. The first-order valence-corrected chi connectivity index (χ1v) is 3.05. The molecule has 0 saturated carbocycles. The molecule has 50 valence electrons. The molecule has 1 N–H and O–H groups in total. The SMILES string of the molecule is [B]N1CCOC(CO)C1. The average molecular weight is 127 g/mol. The van der Waals surface area contributed by atoms with Crippen LogP contribution in [0.15, 0.2) is 0 Å². The summed E-state index contributed by atoms with van der Waals surface area (Å²) in [6.45, 7) is 2.09. The van der Waals surface area contributed by atoms with E-state index in [1.165, 1.54) is 0 Å². The maximum absolute atomic E-state index is 8.60. The Hall–Kier alpha value is -0.0551. The Morgan fingerprint density at radius 2 is 2.56 bits per heavy atom. The molecule has 0 amide bonds. The Kier molecular flexibility index (Phi) is 2.51. The Labute approximate surface area is 56.0 Å². The minimum Gasteiger partial charge on any atom is -0.394 e. The normalized spacial score (nSPS) is 30.6. The summed E-state index contributed by atoms with van der Waals surface area (Å²) >= 11 is 0. The number of hydrogen-bond acceptors (Lipinski definition) is 3. The van der Waals surface area contributed by atoms with Crippen LogP contribution >= 0.6 is 0 Å². The largest absolute Gasteiger partial charge is 0.394 e. The van der Waals surface area contributed by atoms with E-state index in [1.807, 2.05) is 0 Å². The summed E-state index contributed by atoms with van der Waals surface area (Å²) in [7, 11) is 5.44. The van der Waals surface area contributed by atoms with Crippen molar-refractivity contribution in [2.24, 2.45) is 0 Å². The fourth-order valence-corrected chi connectivity index (χ4v) is 0.853. The molecule has 1 atom stereocenters. The van der Waals surface area contributed by atoms with Gasteiger partial charge in [0.15, 0.2) is 7.98 Å². The summed E-state index contributed by atoms with van der Waals surface area (Å²) in [5.41, 5.74) is 0. The number of aliphatic hydroxyl groups excluding tert-OH is 1. The fraction of sp³-hybridized carbons (Fsp3) is 1.00. The number of rotatable bonds is 1. The first-order chi connectivity index (χ1) is 4.33. The highest BCUT2D eigenvalue weighted by molar-refractivity contribution is 6.04. The molecule has 2 radical (unpaired) electrons. The lowest BCUT2D eigenvalue weighted by molar-refractivity contribution is -0.0303. The van der Waals surface area contributed by atoms with Crippen LogP contribution < -0.4 is 0 Å². The number of morpholine rings is 1. The van der Waals surface area contributed by atoms with Crippen molar-refractivity contribution in [3.63, 3.8) is 0 Å². The van der Waals surface area contributed by atoms with Crippen LogP contribution in [-0.4, -0.2) is 50.3 Å². The zero-order valence-electron chi connectivity index (χ0n) is 5.29. The summed E-state index contributed by atoms with van der Waals surface area (Å²) in [4.78, 5) is 1.66. The zero-order chi connectivity index (χ0) is 6.69. The van der Waals surface area contributed by atoms with Crippen molar-refractivity contribution >= 4 is 7.98 Å². The van der Waals surface area contributed by atoms with Gasteiger partial charge in [0, 0.05) is 13.1 Å². The van der Waals surface area contributed by atoms with Crippen molar-refractivity contribution < 1.29 is 9.84 Å². The van der Waals surface area contributed by atoms with E-state index in [0.717, 1.165) is 6.54 Å². The van der Waals surface area contributed by atoms with Gasteiger partial charge < -0.3 is 14.7 Å². The van der Waals surface area contributed by atoms with Gasteiger partial charge in [-0.1, -0.05) is 0 Å². The van der Waals surface area contributed by atoms with E-state index >= 15 is 0 Å². The lowest BCUT2D eigenvalue weighted by atomic mass is 10.2. The van der Waals surface area contributed by atoms with Gasteiger partial charge >= 0.3 is 0 Å². The minimum atomic E-state index is -0.0799. The monoisotopic (exact) mass is 127 g/mol. The van der Waals surface area contributed by atoms with Crippen LogP contribution in [-0.2, 0) is 4.74 Å². The summed E-state index contributed by atoms with van der Waals surface area (Å²) in [6, 6.07) is 0. The first-order valence-electron chi connectivity index (χ1n) is 3.05. The molecule has 0 aromatic heterocycles. The standard InChI is InChI=1S/C5H10BNO2/c6-7-1-2-9-5(3-7)4-8/h5,8H,1-4H2. The van der Waals surface area contributed by atoms with Crippen molar-refractivity contribution in [2.75, 3.05) is 26.3 Å². The highest BCUT2D eigenvalue weighted by atomic mass is 16.5. The Morgan fingerprint density at radius 1 is 1.78 bits per heavy atom. The smallest absolute Gasteiger partial charge is 0.182 e. The van der Waals surface area contributed by atoms with E-state index < -0.39 is 0 Å². The minimum absolute atomic E-state index is 0.0632. The molecular formula is C5H10BNO2. The van der Waals surface area contributed by atoms with Gasteiger partial charge in [0.2, 0.25) is 0 Å². The van der Waals surface area contributed by atoms with E-state index in [9.17, 15) is 0 Å². The molecule has 9 heavy (non-hydrogen) atoms. The Morgan fingerprint density at radius 3 is 3.00 bits per heavy atom. The van der Waals surface area contributed by atoms with Crippen LogP contribution in [0.5, 0.6) is 0 Å². The van der Waals surface area contributed by atoms with Crippen LogP contribution in [0.25, 0.3) is 0 Å². The lowest BCUT2D eigenvalue weighted by Crippen LogP contribution is -2.42. The van der Waals surface area contributed by atoms with Crippen molar-refractivity contribution in [1.29, 1.82) is 0 Å². The predicted molar refractivity (Wildman–Crippen MR) is 34.2 cm³/mol. The molecule has 0 spiro atoms. The van der Waals surface area contributed by atoms with Crippen molar-refractivity contribution in [2.45, 2.75) is 6.10 Å². The third-order valence-electron chi connectivity index (χ3n) is 1.37. The maximum Gasteiger partial charge on any atom is 0.182 e. The van der Waals surface area contributed by atoms with E-state index in [4.69, 9.17) is 17.8 Å². The molecule has 1 aliphatic heterocycles. The fourth-order valence-electron chi connectivity index (χ4n) is 0.853. The molecule has 1 rings (SSSR count). The summed E-state index contributed by atoms with van der Waals surface area (Å²) in [5, 5.41) is 8.60. The molecular weight excluding hydrogens is 117 g/mol. The van der Waals surface area contributed by atoms with Gasteiger partial charge in [-0.25, -0.2) is 0 Å². The molecule has 3 nitrogen and oxygen atoms in total. The third kappa shape index (κ3) is 1.97. The van der Waals surface area contributed by atoms with E-state index in [1.54, 1.807) is 4.81 Å². The Bertz CT molecular complexity index is 91.0. The molecule has 1 heterocycles. The maximum atomic E-state index is 8.60. The molecule has 1 unspecified atom stereocenters. The van der Waals surface area contributed by atoms with Gasteiger partial charge in [0.1, 0.15) is 0 Å². The third-order valence-corrected chi connectivity index (χ3v) is 1.37. The van der Waals surface area contributed by atoms with Gasteiger partial charge in [-0.2, -0.15) is 0 Å². The topological polar surface area (TPSA) is 32.7 Å². The van der Waals surface area contributed by atoms with Gasteiger partial charge in [0.05, 0.1) is 19.3 Å². The van der Waals surface area contributed by atoms with E-state index in [-0.39, 0.29) is 12.7 Å². The van der Waals surface area contributed by atoms with Crippen LogP contribution in [0, 0.1) is 0 Å². The van der Waals surface area contributed by atoms with Crippen molar-refractivity contribution in [3.8, 4) is 0 Å². The second-order valence-electron chi connectivity index (χ2n) is 2.17. The highest BCUT2D eigenvalue weighted by Crippen LogP contribution is 1.99. The molecule has 0 aliphatic carbocycles. The summed E-state index contributed by atoms with van der Waals surface area (Å²) in [6.07, 6.45) is -0.0799. The van der Waals surface area contributed by atoms with Crippen molar-refractivity contribution in [3.05, 3.63) is 0 Å². The average Bonchev–Trinajstić information content (AvgIpc) is 1.88. The van der Waals surface area contributed by atoms with E-state index in [2.05, 4.69) is 0 Å². The second kappa shape index (κ2) is 3.20. The van der Waals surface area contributed by atoms with Gasteiger partial charge in [0.25, 0.3) is 0 Å². The predicted octanol–water partition coefficient (Wildman–Crippen LogP) is -1.24. The summed E-state index contributed by atoms with van der Waals surface area (Å²) in [5.74, 6) is 0. The molecule has 0 aromatic rings. The zero-order valence-corrected chi connectivity index (χ0v) is 5.29.